The molecule has 0 fully saturated rings. The number of aliphatic hydroxyl groups excluding tert-OH is 1. The molecule has 1 aromatic carbocycles. The molecule has 0 aromatic heterocycles. The van der Waals surface area contributed by atoms with Gasteiger partial charge in [0.25, 0.3) is 0 Å². The Bertz CT molecular complexity index is 444. The zero-order valence-corrected chi connectivity index (χ0v) is 11.5. The number of phenolic OH excluding ortho intramolecular Hbond substituents is 1. The number of aromatic hydroxyl groups is 1. The standard InChI is InChI=1S/C7H9NO2.2H3O4P/c8-7(10)5-3-1-2-4-6(5)9;2*1-5(2,3)4/h1-4,7,9-10H,8H2;2*(H3,1,2,3,4). The highest BCUT2D eigenvalue weighted by atomic mass is 31.2. The highest BCUT2D eigenvalue weighted by molar-refractivity contribution is 7.45. The van der Waals surface area contributed by atoms with Crippen molar-refractivity contribution in [1.82, 2.24) is 0 Å². The quantitative estimate of drug-likeness (QED) is 0.212. The zero-order chi connectivity index (χ0) is 16.6. The predicted molar refractivity (Wildman–Crippen MR) is 65.8 cm³/mol. The van der Waals surface area contributed by atoms with Crippen molar-refractivity contribution in [3.8, 4) is 5.75 Å². The molecule has 0 bridgehead atoms. The molecule has 0 aliphatic rings. The van der Waals surface area contributed by atoms with E-state index in [0.29, 0.717) is 5.56 Å². The van der Waals surface area contributed by atoms with Gasteiger partial charge in [0, 0.05) is 5.56 Å². The highest BCUT2D eigenvalue weighted by Crippen LogP contribution is 2.26. The molecule has 0 aliphatic heterocycles. The molecule has 1 atom stereocenters. The maximum atomic E-state index is 9.04. The number of rotatable bonds is 1. The summed E-state index contributed by atoms with van der Waals surface area (Å²) in [6.07, 6.45) is -1.10. The van der Waals surface area contributed by atoms with Crippen LogP contribution in [0.15, 0.2) is 24.3 Å². The summed E-state index contributed by atoms with van der Waals surface area (Å²) in [5.41, 5.74) is 5.46. The third-order valence-corrected chi connectivity index (χ3v) is 1.26. The van der Waals surface area contributed by atoms with Crippen molar-refractivity contribution in [2.24, 2.45) is 5.73 Å². The second-order valence-electron chi connectivity index (χ2n) is 3.03. The van der Waals surface area contributed by atoms with Gasteiger partial charge in [-0.15, -0.1) is 0 Å². The Morgan fingerprint density at radius 2 is 1.20 bits per heavy atom. The molecule has 0 amide bonds. The van der Waals surface area contributed by atoms with Crippen LogP contribution < -0.4 is 5.73 Å². The minimum absolute atomic E-state index is 0.0255. The first kappa shape index (κ1) is 21.5. The van der Waals surface area contributed by atoms with E-state index in [0.717, 1.165) is 0 Å². The maximum absolute atomic E-state index is 9.04. The van der Waals surface area contributed by atoms with E-state index in [2.05, 4.69) is 0 Å². The van der Waals surface area contributed by atoms with E-state index in [4.69, 9.17) is 54.4 Å². The van der Waals surface area contributed by atoms with Crippen molar-refractivity contribution in [1.29, 1.82) is 0 Å². The normalized spacial score (nSPS) is 12.4. The maximum Gasteiger partial charge on any atom is 0.466 e. The average Bonchev–Trinajstić information content (AvgIpc) is 2.12. The van der Waals surface area contributed by atoms with Crippen LogP contribution in [0.25, 0.3) is 0 Å². The Balaban J connectivity index is 0. The summed E-state index contributed by atoms with van der Waals surface area (Å²) in [6.45, 7) is 0. The topological polar surface area (TPSA) is 222 Å². The summed E-state index contributed by atoms with van der Waals surface area (Å²) >= 11 is 0. The van der Waals surface area contributed by atoms with Crippen LogP contribution in [0.3, 0.4) is 0 Å². The monoisotopic (exact) mass is 335 g/mol. The first-order valence-corrected chi connectivity index (χ1v) is 7.63. The largest absolute Gasteiger partial charge is 0.508 e. The lowest BCUT2D eigenvalue weighted by Crippen LogP contribution is -2.08. The molecular weight excluding hydrogens is 320 g/mol. The van der Waals surface area contributed by atoms with Crippen molar-refractivity contribution in [3.05, 3.63) is 29.8 Å². The number of benzene rings is 1. The van der Waals surface area contributed by atoms with E-state index in [9.17, 15) is 0 Å². The van der Waals surface area contributed by atoms with Crippen LogP contribution in [0.5, 0.6) is 5.75 Å². The minimum atomic E-state index is -4.64. The van der Waals surface area contributed by atoms with Crippen LogP contribution in [0.4, 0.5) is 0 Å². The summed E-state index contributed by atoms with van der Waals surface area (Å²) in [5.74, 6) is 0.0255. The first-order valence-electron chi connectivity index (χ1n) is 4.50. The van der Waals surface area contributed by atoms with Gasteiger partial charge in [0.2, 0.25) is 0 Å². The zero-order valence-electron chi connectivity index (χ0n) is 9.75. The third kappa shape index (κ3) is 22.3. The molecule has 10 N–H and O–H groups in total. The Hall–Kier alpha value is -0.840. The minimum Gasteiger partial charge on any atom is -0.508 e. The van der Waals surface area contributed by atoms with Gasteiger partial charge < -0.3 is 45.3 Å². The van der Waals surface area contributed by atoms with Gasteiger partial charge >= 0.3 is 15.6 Å². The van der Waals surface area contributed by atoms with Gasteiger partial charge in [-0.1, -0.05) is 18.2 Å². The molecule has 20 heavy (non-hydrogen) atoms. The molecular formula is C7H15NO10P2. The number of aliphatic hydroxyl groups is 1. The van der Waals surface area contributed by atoms with Crippen LogP contribution in [-0.4, -0.2) is 39.6 Å². The van der Waals surface area contributed by atoms with E-state index in [1.807, 2.05) is 0 Å². The van der Waals surface area contributed by atoms with Crippen LogP contribution in [0.1, 0.15) is 11.8 Å². The van der Waals surface area contributed by atoms with Gasteiger partial charge in [-0.3, -0.25) is 0 Å². The fourth-order valence-electron chi connectivity index (χ4n) is 0.738. The van der Waals surface area contributed by atoms with Gasteiger partial charge in [0.05, 0.1) is 0 Å². The molecule has 1 aromatic rings. The first-order chi connectivity index (χ1) is 8.72. The lowest BCUT2D eigenvalue weighted by molar-refractivity contribution is 0.182. The lowest BCUT2D eigenvalue weighted by atomic mass is 10.2. The van der Waals surface area contributed by atoms with Crippen LogP contribution >= 0.6 is 15.6 Å². The van der Waals surface area contributed by atoms with Gasteiger partial charge in [-0.2, -0.15) is 0 Å². The summed E-state index contributed by atoms with van der Waals surface area (Å²) in [7, 11) is -9.28. The van der Waals surface area contributed by atoms with Crippen molar-refractivity contribution < 1.29 is 48.7 Å². The van der Waals surface area contributed by atoms with Crippen LogP contribution in [-0.2, 0) is 9.13 Å². The van der Waals surface area contributed by atoms with Crippen LogP contribution in [0.2, 0.25) is 0 Å². The Morgan fingerprint density at radius 3 is 1.40 bits per heavy atom. The van der Waals surface area contributed by atoms with E-state index in [1.165, 1.54) is 6.07 Å². The second kappa shape index (κ2) is 9.16. The molecule has 0 heterocycles. The molecule has 11 nitrogen and oxygen atoms in total. The average molecular weight is 335 g/mol. The molecule has 0 spiro atoms. The van der Waals surface area contributed by atoms with Gasteiger partial charge in [-0.05, 0) is 6.07 Å². The van der Waals surface area contributed by atoms with Gasteiger partial charge in [-0.25, -0.2) is 9.13 Å². The second-order valence-corrected chi connectivity index (χ2v) is 5.08. The molecule has 1 unspecified atom stereocenters. The van der Waals surface area contributed by atoms with E-state index >= 15 is 0 Å². The van der Waals surface area contributed by atoms with E-state index in [-0.39, 0.29) is 5.75 Å². The highest BCUT2D eigenvalue weighted by Gasteiger charge is 2.04. The fraction of sp³-hybridized carbons (Fsp3) is 0.143. The molecule has 0 saturated carbocycles. The predicted octanol–water partition coefficient (Wildman–Crippen LogP) is -1.52. The fourth-order valence-corrected chi connectivity index (χ4v) is 0.738. The lowest BCUT2D eigenvalue weighted by Gasteiger charge is -2.05. The van der Waals surface area contributed by atoms with Crippen LogP contribution in [0, 0.1) is 0 Å². The smallest absolute Gasteiger partial charge is 0.466 e. The molecule has 0 saturated heterocycles. The summed E-state index contributed by atoms with van der Waals surface area (Å²) in [6, 6.07) is 6.41. The van der Waals surface area contributed by atoms with Crippen molar-refractivity contribution in [3.63, 3.8) is 0 Å². The van der Waals surface area contributed by atoms with Gasteiger partial charge in [0.1, 0.15) is 12.0 Å². The Morgan fingerprint density at radius 1 is 0.900 bits per heavy atom. The summed E-state index contributed by atoms with van der Waals surface area (Å²) in [4.78, 5) is 43.1. The number of para-hydroxylation sites is 1. The number of phosphoric acid groups is 2. The van der Waals surface area contributed by atoms with E-state index < -0.39 is 21.9 Å². The molecule has 13 heteroatoms. The summed E-state index contributed by atoms with van der Waals surface area (Å²) in [5, 5.41) is 17.9. The van der Waals surface area contributed by atoms with Crippen molar-refractivity contribution in [2.45, 2.75) is 6.23 Å². The number of phenols is 1. The molecule has 0 radical (unpaired) electrons. The molecule has 1 rings (SSSR count). The Labute approximate surface area is 113 Å². The SMILES string of the molecule is NC(O)c1ccccc1O.O=P(O)(O)O.O=P(O)(O)O. The third-order valence-electron chi connectivity index (χ3n) is 1.26. The Kier molecular flexibility index (Phi) is 9.83. The van der Waals surface area contributed by atoms with E-state index in [1.54, 1.807) is 18.2 Å². The summed E-state index contributed by atoms with van der Waals surface area (Å²) < 4.78 is 17.8. The number of hydrogen-bond acceptors (Lipinski definition) is 5. The van der Waals surface area contributed by atoms with Gasteiger partial charge in [0.15, 0.2) is 0 Å². The van der Waals surface area contributed by atoms with Crippen molar-refractivity contribution in [2.75, 3.05) is 0 Å². The number of hydrogen-bond donors (Lipinski definition) is 9. The van der Waals surface area contributed by atoms with Crippen molar-refractivity contribution >= 4 is 15.6 Å². The number of nitrogens with two attached hydrogens (primary N) is 1. The molecule has 0 aliphatic carbocycles. The molecule has 118 valence electrons.